The number of hydrogen-bond donors (Lipinski definition) is 0. The molecule has 2 aromatic carbocycles. The van der Waals surface area contributed by atoms with Gasteiger partial charge in [-0.1, -0.05) is 36.4 Å². The highest BCUT2D eigenvalue weighted by molar-refractivity contribution is 6.14. The molecule has 5 rings (SSSR count). The molecule has 0 saturated carbocycles. The maximum absolute atomic E-state index is 13.3. The molecule has 0 aliphatic rings. The lowest BCUT2D eigenvalue weighted by atomic mass is 10.1. The molecule has 0 radical (unpaired) electrons. The topological polar surface area (TPSA) is 40.1 Å². The van der Waals surface area contributed by atoms with Crippen molar-refractivity contribution in [3.05, 3.63) is 58.8 Å². The quantitative estimate of drug-likeness (QED) is 0.435. The molecular formula is C19H14N2O2. The number of aryl methyl sites for hydroxylation is 2. The fourth-order valence-electron chi connectivity index (χ4n) is 3.63. The summed E-state index contributed by atoms with van der Waals surface area (Å²) >= 11 is 0. The van der Waals surface area contributed by atoms with Crippen LogP contribution in [-0.2, 0) is 14.1 Å². The van der Waals surface area contributed by atoms with E-state index in [1.807, 2.05) is 71.8 Å². The molecule has 0 spiro atoms. The Bertz CT molecular complexity index is 1200. The van der Waals surface area contributed by atoms with E-state index < -0.39 is 0 Å². The Labute approximate surface area is 131 Å². The van der Waals surface area contributed by atoms with Crippen LogP contribution >= 0.6 is 0 Å². The Balaban J connectivity index is 2.19. The molecule has 0 atom stereocenters. The molecule has 23 heavy (non-hydrogen) atoms. The maximum Gasteiger partial charge on any atom is 0.214 e. The molecule has 0 fully saturated rings. The smallest absolute Gasteiger partial charge is 0.214 e. The number of hydrogen-bond acceptors (Lipinski definition) is 2. The van der Waals surface area contributed by atoms with Crippen LogP contribution in [0.15, 0.2) is 57.7 Å². The third-order valence-corrected chi connectivity index (χ3v) is 4.75. The van der Waals surface area contributed by atoms with Crippen molar-refractivity contribution in [3.8, 4) is 0 Å². The molecule has 0 N–H and O–H groups in total. The van der Waals surface area contributed by atoms with Gasteiger partial charge in [0.25, 0.3) is 0 Å². The van der Waals surface area contributed by atoms with Crippen LogP contribution in [0.1, 0.15) is 0 Å². The van der Waals surface area contributed by atoms with E-state index in [9.17, 15) is 4.79 Å². The first-order valence-electron chi connectivity index (χ1n) is 7.56. The Morgan fingerprint density at radius 3 is 1.65 bits per heavy atom. The fourth-order valence-corrected chi connectivity index (χ4v) is 3.63. The third-order valence-electron chi connectivity index (χ3n) is 4.75. The number of nitrogens with zero attached hydrogens (tertiary/aromatic N) is 2. The molecule has 3 aromatic heterocycles. The third kappa shape index (κ3) is 1.38. The predicted molar refractivity (Wildman–Crippen MR) is 92.9 cm³/mol. The average Bonchev–Trinajstić information content (AvgIpc) is 3.03. The molecule has 0 unspecified atom stereocenters. The summed E-state index contributed by atoms with van der Waals surface area (Å²) in [7, 11) is 3.87. The Kier molecular flexibility index (Phi) is 2.20. The van der Waals surface area contributed by atoms with Gasteiger partial charge in [0.05, 0.1) is 21.8 Å². The van der Waals surface area contributed by atoms with E-state index in [-0.39, 0.29) is 5.43 Å². The van der Waals surface area contributed by atoms with Crippen LogP contribution in [0.4, 0.5) is 0 Å². The van der Waals surface area contributed by atoms with Gasteiger partial charge in [-0.05, 0) is 12.1 Å². The molecule has 4 heteroatoms. The highest BCUT2D eigenvalue weighted by Gasteiger charge is 2.20. The largest absolute Gasteiger partial charge is 0.423 e. The van der Waals surface area contributed by atoms with Crippen molar-refractivity contribution in [1.82, 2.24) is 9.13 Å². The van der Waals surface area contributed by atoms with Crippen molar-refractivity contribution >= 4 is 44.0 Å². The summed E-state index contributed by atoms with van der Waals surface area (Å²) in [6.07, 6.45) is 0. The fraction of sp³-hybridized carbons (Fsp3) is 0.105. The molecule has 0 saturated heterocycles. The number of aromatic nitrogens is 2. The maximum atomic E-state index is 13.3. The standard InChI is InChI=1S/C19H14N2O2/c1-20-13-9-5-3-7-11(13)15-17(22)16-12-8-4-6-10-14(12)21(2)19(16)23-18(15)20/h3-10H,1-2H3. The second-order valence-corrected chi connectivity index (χ2v) is 5.94. The van der Waals surface area contributed by atoms with Gasteiger partial charge in [-0.25, -0.2) is 0 Å². The SMILES string of the molecule is Cn1c2ccccc2c2c(=O)c3c4ccccc4n(C)c3oc21. The zero-order valence-electron chi connectivity index (χ0n) is 12.8. The molecular weight excluding hydrogens is 288 g/mol. The second-order valence-electron chi connectivity index (χ2n) is 5.94. The van der Waals surface area contributed by atoms with E-state index in [2.05, 4.69) is 0 Å². The molecule has 0 amide bonds. The van der Waals surface area contributed by atoms with Gasteiger partial charge < -0.3 is 13.6 Å². The lowest BCUT2D eigenvalue weighted by Crippen LogP contribution is -2.02. The van der Waals surface area contributed by atoms with E-state index in [0.717, 1.165) is 21.8 Å². The molecule has 3 heterocycles. The normalized spacial score (nSPS) is 12.1. The number of benzene rings is 2. The van der Waals surface area contributed by atoms with Gasteiger partial charge in [-0.3, -0.25) is 4.79 Å². The summed E-state index contributed by atoms with van der Waals surface area (Å²) in [5, 5.41) is 3.20. The van der Waals surface area contributed by atoms with E-state index in [1.54, 1.807) is 0 Å². The molecule has 112 valence electrons. The van der Waals surface area contributed by atoms with Crippen LogP contribution in [0.5, 0.6) is 0 Å². The minimum atomic E-state index is 0.0369. The molecule has 5 aromatic rings. The van der Waals surface area contributed by atoms with Crippen LogP contribution in [0, 0.1) is 0 Å². The van der Waals surface area contributed by atoms with Crippen LogP contribution in [0.25, 0.3) is 44.0 Å². The summed E-state index contributed by atoms with van der Waals surface area (Å²) in [6.45, 7) is 0. The monoisotopic (exact) mass is 302 g/mol. The lowest BCUT2D eigenvalue weighted by molar-refractivity contribution is 0.598. The van der Waals surface area contributed by atoms with Crippen molar-refractivity contribution in [2.45, 2.75) is 0 Å². The van der Waals surface area contributed by atoms with Crippen molar-refractivity contribution in [1.29, 1.82) is 0 Å². The number of fused-ring (bicyclic) bond motifs is 6. The summed E-state index contributed by atoms with van der Waals surface area (Å²) in [5.74, 6) is 0. The van der Waals surface area contributed by atoms with Crippen LogP contribution in [-0.4, -0.2) is 9.13 Å². The Morgan fingerprint density at radius 1 is 0.739 bits per heavy atom. The van der Waals surface area contributed by atoms with Gasteiger partial charge in [0.15, 0.2) is 0 Å². The summed E-state index contributed by atoms with van der Waals surface area (Å²) in [5.41, 5.74) is 3.28. The Morgan fingerprint density at radius 2 is 1.17 bits per heavy atom. The number of para-hydroxylation sites is 2. The zero-order chi connectivity index (χ0) is 15.7. The van der Waals surface area contributed by atoms with Crippen molar-refractivity contribution in [3.63, 3.8) is 0 Å². The van der Waals surface area contributed by atoms with E-state index in [0.29, 0.717) is 22.2 Å². The van der Waals surface area contributed by atoms with Crippen molar-refractivity contribution in [2.75, 3.05) is 0 Å². The summed E-state index contributed by atoms with van der Waals surface area (Å²) in [6, 6.07) is 15.8. The minimum absolute atomic E-state index is 0.0369. The van der Waals surface area contributed by atoms with Crippen molar-refractivity contribution in [2.24, 2.45) is 14.1 Å². The first-order valence-corrected chi connectivity index (χ1v) is 7.56. The second kappa shape index (κ2) is 4.04. The van der Waals surface area contributed by atoms with Gasteiger partial charge in [-0.15, -0.1) is 0 Å². The highest BCUT2D eigenvalue weighted by atomic mass is 16.4. The molecule has 0 bridgehead atoms. The van der Waals surface area contributed by atoms with Gasteiger partial charge in [0, 0.05) is 24.9 Å². The average molecular weight is 302 g/mol. The molecule has 4 nitrogen and oxygen atoms in total. The van der Waals surface area contributed by atoms with Gasteiger partial charge in [-0.2, -0.15) is 0 Å². The number of rotatable bonds is 0. The van der Waals surface area contributed by atoms with Crippen LogP contribution in [0.3, 0.4) is 0 Å². The van der Waals surface area contributed by atoms with Gasteiger partial charge >= 0.3 is 0 Å². The molecule has 0 aliphatic heterocycles. The van der Waals surface area contributed by atoms with E-state index in [1.165, 1.54) is 0 Å². The van der Waals surface area contributed by atoms with Crippen LogP contribution in [0.2, 0.25) is 0 Å². The zero-order valence-corrected chi connectivity index (χ0v) is 12.8. The highest BCUT2D eigenvalue weighted by Crippen LogP contribution is 2.32. The summed E-state index contributed by atoms with van der Waals surface area (Å²) in [4.78, 5) is 13.3. The first kappa shape index (κ1) is 12.5. The summed E-state index contributed by atoms with van der Waals surface area (Å²) < 4.78 is 10.1. The van der Waals surface area contributed by atoms with E-state index in [4.69, 9.17) is 4.42 Å². The molecule has 0 aliphatic carbocycles. The van der Waals surface area contributed by atoms with E-state index >= 15 is 0 Å². The Hall–Kier alpha value is -3.01. The first-order chi connectivity index (χ1) is 11.2. The predicted octanol–water partition coefficient (Wildman–Crippen LogP) is 3.93. The lowest BCUT2D eigenvalue weighted by Gasteiger charge is -1.99. The van der Waals surface area contributed by atoms with Crippen molar-refractivity contribution < 1.29 is 4.42 Å². The minimum Gasteiger partial charge on any atom is -0.423 e. The van der Waals surface area contributed by atoms with Gasteiger partial charge in [0.1, 0.15) is 0 Å². The van der Waals surface area contributed by atoms with Gasteiger partial charge in [0.2, 0.25) is 16.9 Å². The van der Waals surface area contributed by atoms with Crippen LogP contribution < -0.4 is 5.43 Å².